The first-order valence-electron chi connectivity index (χ1n) is 6.57. The summed E-state index contributed by atoms with van der Waals surface area (Å²) in [5, 5.41) is 3.39. The van der Waals surface area contributed by atoms with E-state index in [1.807, 2.05) is 0 Å². The van der Waals surface area contributed by atoms with Crippen LogP contribution in [0, 0.1) is 0 Å². The lowest BCUT2D eigenvalue weighted by molar-refractivity contribution is 0.494. The fourth-order valence-corrected chi connectivity index (χ4v) is 3.58. The summed E-state index contributed by atoms with van der Waals surface area (Å²) in [6.07, 6.45) is 3.61. The summed E-state index contributed by atoms with van der Waals surface area (Å²) in [4.78, 5) is 8.48. The number of aliphatic imine (C=N–C) groups is 1. The number of halogens is 1. The standard InChI is InChI=1S/C13H20BrN3S/c1-2-15-13(17-9-3-4-10-17)16-8-7-11-5-6-12(14)18-11/h5-6H,2-4,7-10H2,1H3,(H,15,16). The van der Waals surface area contributed by atoms with Crippen LogP contribution in [0.2, 0.25) is 0 Å². The van der Waals surface area contributed by atoms with Crippen molar-refractivity contribution < 1.29 is 0 Å². The number of likely N-dealkylation sites (tertiary alicyclic amines) is 1. The van der Waals surface area contributed by atoms with Gasteiger partial charge in [-0.3, -0.25) is 4.99 Å². The molecule has 0 radical (unpaired) electrons. The summed E-state index contributed by atoms with van der Waals surface area (Å²) in [6, 6.07) is 4.28. The van der Waals surface area contributed by atoms with Gasteiger partial charge in [0, 0.05) is 37.5 Å². The molecule has 1 saturated heterocycles. The van der Waals surface area contributed by atoms with Gasteiger partial charge in [-0.2, -0.15) is 0 Å². The third kappa shape index (κ3) is 3.99. The number of nitrogens with one attached hydrogen (secondary N) is 1. The van der Waals surface area contributed by atoms with Crippen molar-refractivity contribution in [1.29, 1.82) is 0 Å². The van der Waals surface area contributed by atoms with Gasteiger partial charge in [0.2, 0.25) is 0 Å². The highest BCUT2D eigenvalue weighted by Crippen LogP contribution is 2.22. The fraction of sp³-hybridized carbons (Fsp3) is 0.615. The van der Waals surface area contributed by atoms with E-state index in [-0.39, 0.29) is 0 Å². The van der Waals surface area contributed by atoms with Crippen molar-refractivity contribution in [3.8, 4) is 0 Å². The van der Waals surface area contributed by atoms with E-state index in [4.69, 9.17) is 4.99 Å². The molecule has 1 aromatic heterocycles. The van der Waals surface area contributed by atoms with Crippen LogP contribution in [0.3, 0.4) is 0 Å². The van der Waals surface area contributed by atoms with Gasteiger partial charge in [0.15, 0.2) is 5.96 Å². The molecule has 100 valence electrons. The summed E-state index contributed by atoms with van der Waals surface area (Å²) < 4.78 is 1.20. The largest absolute Gasteiger partial charge is 0.357 e. The Morgan fingerprint density at radius 2 is 2.22 bits per heavy atom. The molecule has 0 atom stereocenters. The van der Waals surface area contributed by atoms with Gasteiger partial charge in [-0.15, -0.1) is 11.3 Å². The number of guanidine groups is 1. The Morgan fingerprint density at radius 3 is 2.83 bits per heavy atom. The summed E-state index contributed by atoms with van der Waals surface area (Å²) in [6.45, 7) is 6.24. The first kappa shape index (κ1) is 13.9. The Labute approximate surface area is 121 Å². The van der Waals surface area contributed by atoms with Crippen molar-refractivity contribution >= 4 is 33.2 Å². The van der Waals surface area contributed by atoms with Crippen molar-refractivity contribution in [2.75, 3.05) is 26.2 Å². The molecular formula is C13H20BrN3S. The second kappa shape index (κ2) is 7.14. The number of thiophene rings is 1. The molecular weight excluding hydrogens is 310 g/mol. The van der Waals surface area contributed by atoms with E-state index in [2.05, 4.69) is 45.2 Å². The maximum Gasteiger partial charge on any atom is 0.193 e. The number of hydrogen-bond acceptors (Lipinski definition) is 2. The smallest absolute Gasteiger partial charge is 0.193 e. The predicted octanol–water partition coefficient (Wildman–Crippen LogP) is 3.11. The lowest BCUT2D eigenvalue weighted by Crippen LogP contribution is -2.39. The topological polar surface area (TPSA) is 27.6 Å². The zero-order valence-corrected chi connectivity index (χ0v) is 13.2. The van der Waals surface area contributed by atoms with Crippen molar-refractivity contribution in [3.63, 3.8) is 0 Å². The van der Waals surface area contributed by atoms with Crippen LogP contribution in [0.4, 0.5) is 0 Å². The minimum atomic E-state index is 0.867. The van der Waals surface area contributed by atoms with Gasteiger partial charge in [0.05, 0.1) is 3.79 Å². The second-order valence-electron chi connectivity index (χ2n) is 4.39. The van der Waals surface area contributed by atoms with Crippen molar-refractivity contribution in [2.45, 2.75) is 26.2 Å². The van der Waals surface area contributed by atoms with E-state index in [0.717, 1.165) is 38.6 Å². The van der Waals surface area contributed by atoms with Gasteiger partial charge in [0.1, 0.15) is 0 Å². The molecule has 1 fully saturated rings. The number of hydrogen-bond donors (Lipinski definition) is 1. The van der Waals surface area contributed by atoms with Crippen LogP contribution in [0.5, 0.6) is 0 Å². The van der Waals surface area contributed by atoms with Crippen molar-refractivity contribution in [3.05, 3.63) is 20.8 Å². The number of nitrogens with zero attached hydrogens (tertiary/aromatic N) is 2. The molecule has 0 amide bonds. The molecule has 1 aromatic rings. The summed E-state index contributed by atoms with van der Waals surface area (Å²) in [7, 11) is 0. The molecule has 0 spiro atoms. The normalized spacial score (nSPS) is 16.3. The minimum Gasteiger partial charge on any atom is -0.357 e. The first-order valence-corrected chi connectivity index (χ1v) is 8.18. The molecule has 0 saturated carbocycles. The number of rotatable bonds is 4. The van der Waals surface area contributed by atoms with Crippen LogP contribution < -0.4 is 5.32 Å². The van der Waals surface area contributed by atoms with Crippen LogP contribution >= 0.6 is 27.3 Å². The summed E-state index contributed by atoms with van der Waals surface area (Å²) in [5.41, 5.74) is 0. The van der Waals surface area contributed by atoms with Crippen LogP contribution in [-0.4, -0.2) is 37.0 Å². The van der Waals surface area contributed by atoms with Crippen LogP contribution in [0.1, 0.15) is 24.6 Å². The zero-order valence-electron chi connectivity index (χ0n) is 10.8. The molecule has 1 N–H and O–H groups in total. The molecule has 1 aliphatic heterocycles. The molecule has 0 aromatic carbocycles. The molecule has 0 unspecified atom stereocenters. The molecule has 0 bridgehead atoms. The average Bonchev–Trinajstić information content (AvgIpc) is 2.99. The van der Waals surface area contributed by atoms with E-state index < -0.39 is 0 Å². The minimum absolute atomic E-state index is 0.867. The second-order valence-corrected chi connectivity index (χ2v) is 6.93. The summed E-state index contributed by atoms with van der Waals surface area (Å²) >= 11 is 5.29. The van der Waals surface area contributed by atoms with Gasteiger partial charge in [0.25, 0.3) is 0 Å². The van der Waals surface area contributed by atoms with Crippen molar-refractivity contribution in [1.82, 2.24) is 10.2 Å². The monoisotopic (exact) mass is 329 g/mol. The third-order valence-electron chi connectivity index (χ3n) is 2.99. The van der Waals surface area contributed by atoms with E-state index in [1.165, 1.54) is 21.5 Å². The maximum atomic E-state index is 4.72. The fourth-order valence-electron chi connectivity index (χ4n) is 2.11. The Kier molecular flexibility index (Phi) is 5.50. The maximum absolute atomic E-state index is 4.72. The van der Waals surface area contributed by atoms with E-state index in [1.54, 1.807) is 11.3 Å². The lowest BCUT2D eigenvalue weighted by atomic mass is 10.3. The molecule has 5 heteroatoms. The highest BCUT2D eigenvalue weighted by Gasteiger charge is 2.15. The highest BCUT2D eigenvalue weighted by atomic mass is 79.9. The third-order valence-corrected chi connectivity index (χ3v) is 4.67. The SMILES string of the molecule is CCNC(=NCCc1ccc(Br)s1)N1CCCC1. The van der Waals surface area contributed by atoms with Crippen LogP contribution in [0.25, 0.3) is 0 Å². The van der Waals surface area contributed by atoms with E-state index >= 15 is 0 Å². The summed E-state index contributed by atoms with van der Waals surface area (Å²) in [5.74, 6) is 1.09. The van der Waals surface area contributed by atoms with Crippen LogP contribution in [-0.2, 0) is 6.42 Å². The molecule has 3 nitrogen and oxygen atoms in total. The quantitative estimate of drug-likeness (QED) is 0.679. The average molecular weight is 330 g/mol. The first-order chi connectivity index (χ1) is 8.79. The molecule has 2 heterocycles. The molecule has 0 aliphatic carbocycles. The Hall–Kier alpha value is -0.550. The predicted molar refractivity (Wildman–Crippen MR) is 82.5 cm³/mol. The Balaban J connectivity index is 1.87. The van der Waals surface area contributed by atoms with E-state index in [9.17, 15) is 0 Å². The van der Waals surface area contributed by atoms with E-state index in [0.29, 0.717) is 0 Å². The Bertz CT molecular complexity index is 397. The van der Waals surface area contributed by atoms with Gasteiger partial charge in [-0.05, 0) is 47.8 Å². The molecule has 18 heavy (non-hydrogen) atoms. The van der Waals surface area contributed by atoms with Gasteiger partial charge in [-0.25, -0.2) is 0 Å². The van der Waals surface area contributed by atoms with Crippen molar-refractivity contribution in [2.24, 2.45) is 4.99 Å². The van der Waals surface area contributed by atoms with Gasteiger partial charge < -0.3 is 10.2 Å². The lowest BCUT2D eigenvalue weighted by Gasteiger charge is -2.20. The highest BCUT2D eigenvalue weighted by molar-refractivity contribution is 9.11. The van der Waals surface area contributed by atoms with Crippen LogP contribution in [0.15, 0.2) is 20.9 Å². The van der Waals surface area contributed by atoms with Gasteiger partial charge >= 0.3 is 0 Å². The van der Waals surface area contributed by atoms with Gasteiger partial charge in [-0.1, -0.05) is 0 Å². The molecule has 1 aliphatic rings. The zero-order chi connectivity index (χ0) is 12.8. The Morgan fingerprint density at radius 1 is 1.44 bits per heavy atom. The molecule has 2 rings (SSSR count).